The fourth-order valence-electron chi connectivity index (χ4n) is 2.50. The summed E-state index contributed by atoms with van der Waals surface area (Å²) in [7, 11) is 3.19. The van der Waals surface area contributed by atoms with E-state index in [-0.39, 0.29) is 17.6 Å². The van der Waals surface area contributed by atoms with Crippen molar-refractivity contribution in [3.63, 3.8) is 0 Å². The molecule has 5 heteroatoms. The van der Waals surface area contributed by atoms with Crippen molar-refractivity contribution in [1.82, 2.24) is 10.2 Å². The summed E-state index contributed by atoms with van der Waals surface area (Å²) >= 11 is 0. The number of hydrogen-bond acceptors (Lipinski definition) is 5. The topological polar surface area (TPSA) is 50.8 Å². The SMILES string of the molecule is CCNC(CN1CCCC(C)(OC)C1)C(=O)OC. The van der Waals surface area contributed by atoms with Crippen LogP contribution in [0.5, 0.6) is 0 Å². The molecule has 0 amide bonds. The molecule has 0 saturated carbocycles. The lowest BCUT2D eigenvalue weighted by Gasteiger charge is -2.40. The van der Waals surface area contributed by atoms with E-state index < -0.39 is 0 Å². The number of likely N-dealkylation sites (tertiary alicyclic amines) is 1. The van der Waals surface area contributed by atoms with Crippen LogP contribution in [0, 0.1) is 0 Å². The standard InChI is InChI=1S/C13H26N2O3/c1-5-14-11(12(16)17-3)9-15-8-6-7-13(2,10-15)18-4/h11,14H,5-10H2,1-4H3. The van der Waals surface area contributed by atoms with Crippen LogP contribution < -0.4 is 5.32 Å². The minimum Gasteiger partial charge on any atom is -0.468 e. The van der Waals surface area contributed by atoms with Crippen molar-refractivity contribution in [2.45, 2.75) is 38.3 Å². The fourth-order valence-corrected chi connectivity index (χ4v) is 2.50. The van der Waals surface area contributed by atoms with E-state index in [1.807, 2.05) is 6.92 Å². The van der Waals surface area contributed by atoms with Gasteiger partial charge in [0.25, 0.3) is 0 Å². The summed E-state index contributed by atoms with van der Waals surface area (Å²) < 4.78 is 10.4. The molecule has 0 aromatic rings. The molecular weight excluding hydrogens is 232 g/mol. The molecule has 0 radical (unpaired) electrons. The fraction of sp³-hybridized carbons (Fsp3) is 0.923. The number of carbonyl (C=O) groups excluding carboxylic acids is 1. The highest BCUT2D eigenvalue weighted by molar-refractivity contribution is 5.75. The number of esters is 1. The molecule has 106 valence electrons. The van der Waals surface area contributed by atoms with Gasteiger partial charge in [0.1, 0.15) is 6.04 Å². The van der Waals surface area contributed by atoms with Gasteiger partial charge in [0.2, 0.25) is 0 Å². The third-order valence-electron chi connectivity index (χ3n) is 3.61. The van der Waals surface area contributed by atoms with Crippen LogP contribution in [0.4, 0.5) is 0 Å². The molecule has 1 aliphatic rings. The molecule has 1 fully saturated rings. The Labute approximate surface area is 110 Å². The summed E-state index contributed by atoms with van der Waals surface area (Å²) in [5.74, 6) is -0.193. The molecule has 0 bridgehead atoms. The molecule has 2 atom stereocenters. The van der Waals surface area contributed by atoms with Gasteiger partial charge < -0.3 is 14.8 Å². The van der Waals surface area contributed by atoms with Gasteiger partial charge in [-0.25, -0.2) is 0 Å². The minimum absolute atomic E-state index is 0.0921. The van der Waals surface area contributed by atoms with Crippen molar-refractivity contribution < 1.29 is 14.3 Å². The van der Waals surface area contributed by atoms with E-state index in [0.29, 0.717) is 6.54 Å². The number of ether oxygens (including phenoxy) is 2. The lowest BCUT2D eigenvalue weighted by atomic mass is 9.94. The quantitative estimate of drug-likeness (QED) is 0.709. The first-order valence-electron chi connectivity index (χ1n) is 6.63. The van der Waals surface area contributed by atoms with Gasteiger partial charge in [-0.1, -0.05) is 6.92 Å². The third-order valence-corrected chi connectivity index (χ3v) is 3.61. The average Bonchev–Trinajstić information content (AvgIpc) is 2.37. The zero-order valence-corrected chi connectivity index (χ0v) is 12.0. The van der Waals surface area contributed by atoms with Crippen LogP contribution in [0.25, 0.3) is 0 Å². The highest BCUT2D eigenvalue weighted by Gasteiger charge is 2.32. The predicted molar refractivity (Wildman–Crippen MR) is 70.6 cm³/mol. The number of rotatable bonds is 6. The maximum absolute atomic E-state index is 11.7. The molecular formula is C13H26N2O3. The second kappa shape index (κ2) is 7.07. The predicted octanol–water partition coefficient (Wildman–Crippen LogP) is 0.638. The summed E-state index contributed by atoms with van der Waals surface area (Å²) in [6.07, 6.45) is 2.18. The molecule has 1 heterocycles. The van der Waals surface area contributed by atoms with E-state index in [1.165, 1.54) is 7.11 Å². The molecule has 0 aliphatic carbocycles. The Morgan fingerprint density at radius 3 is 2.78 bits per heavy atom. The molecule has 0 aromatic heterocycles. The van der Waals surface area contributed by atoms with Crippen molar-refractivity contribution in [2.24, 2.45) is 0 Å². The van der Waals surface area contributed by atoms with Gasteiger partial charge in [-0.2, -0.15) is 0 Å². The molecule has 5 nitrogen and oxygen atoms in total. The van der Waals surface area contributed by atoms with E-state index in [2.05, 4.69) is 17.1 Å². The van der Waals surface area contributed by atoms with E-state index in [1.54, 1.807) is 7.11 Å². The van der Waals surface area contributed by atoms with Crippen LogP contribution >= 0.6 is 0 Å². The first-order valence-corrected chi connectivity index (χ1v) is 6.63. The Morgan fingerprint density at radius 2 is 2.22 bits per heavy atom. The molecule has 0 aromatic carbocycles. The van der Waals surface area contributed by atoms with Crippen molar-refractivity contribution in [1.29, 1.82) is 0 Å². The molecule has 1 aliphatic heterocycles. The van der Waals surface area contributed by atoms with Gasteiger partial charge >= 0.3 is 5.97 Å². The molecule has 0 spiro atoms. The van der Waals surface area contributed by atoms with Gasteiger partial charge in [0, 0.05) is 20.2 Å². The van der Waals surface area contributed by atoms with Crippen LogP contribution in [-0.4, -0.2) is 62.9 Å². The normalized spacial score (nSPS) is 26.9. The lowest BCUT2D eigenvalue weighted by Crippen LogP contribution is -2.53. The van der Waals surface area contributed by atoms with Crippen LogP contribution in [0.1, 0.15) is 26.7 Å². The third kappa shape index (κ3) is 4.23. The smallest absolute Gasteiger partial charge is 0.324 e. The summed E-state index contributed by atoms with van der Waals surface area (Å²) in [4.78, 5) is 13.9. The molecule has 2 unspecified atom stereocenters. The van der Waals surface area contributed by atoms with E-state index in [4.69, 9.17) is 9.47 Å². The van der Waals surface area contributed by atoms with Gasteiger partial charge in [-0.15, -0.1) is 0 Å². The number of hydrogen-bond donors (Lipinski definition) is 1. The monoisotopic (exact) mass is 258 g/mol. The van der Waals surface area contributed by atoms with Gasteiger partial charge in [-0.3, -0.25) is 9.69 Å². The van der Waals surface area contributed by atoms with E-state index in [0.717, 1.165) is 32.5 Å². The Bertz CT molecular complexity index is 273. The number of piperidine rings is 1. The van der Waals surface area contributed by atoms with Crippen molar-refractivity contribution in [3.8, 4) is 0 Å². The number of nitrogens with zero attached hydrogens (tertiary/aromatic N) is 1. The summed E-state index contributed by atoms with van der Waals surface area (Å²) in [6.45, 7) is 7.43. The van der Waals surface area contributed by atoms with Crippen molar-refractivity contribution >= 4 is 5.97 Å². The Kier molecular flexibility index (Phi) is 6.05. The average molecular weight is 258 g/mol. The molecule has 1 saturated heterocycles. The number of nitrogens with one attached hydrogen (secondary N) is 1. The summed E-state index contributed by atoms with van der Waals surface area (Å²) in [5.41, 5.74) is -0.0921. The first kappa shape index (κ1) is 15.4. The second-order valence-corrected chi connectivity index (χ2v) is 5.13. The maximum atomic E-state index is 11.7. The Morgan fingerprint density at radius 1 is 1.50 bits per heavy atom. The maximum Gasteiger partial charge on any atom is 0.324 e. The van der Waals surface area contributed by atoms with E-state index in [9.17, 15) is 4.79 Å². The largest absolute Gasteiger partial charge is 0.468 e. The zero-order chi connectivity index (χ0) is 13.6. The molecule has 18 heavy (non-hydrogen) atoms. The van der Waals surface area contributed by atoms with Gasteiger partial charge in [-0.05, 0) is 32.9 Å². The highest BCUT2D eigenvalue weighted by atomic mass is 16.5. The highest BCUT2D eigenvalue weighted by Crippen LogP contribution is 2.23. The van der Waals surface area contributed by atoms with Crippen LogP contribution in [-0.2, 0) is 14.3 Å². The van der Waals surface area contributed by atoms with Crippen molar-refractivity contribution in [3.05, 3.63) is 0 Å². The number of likely N-dealkylation sites (N-methyl/N-ethyl adjacent to an activating group) is 1. The van der Waals surface area contributed by atoms with Crippen LogP contribution in [0.3, 0.4) is 0 Å². The first-order chi connectivity index (χ1) is 8.54. The summed E-state index contributed by atoms with van der Waals surface area (Å²) in [5, 5.41) is 3.17. The number of carbonyl (C=O) groups is 1. The van der Waals surface area contributed by atoms with E-state index >= 15 is 0 Å². The van der Waals surface area contributed by atoms with Gasteiger partial charge in [0.15, 0.2) is 0 Å². The molecule has 1 rings (SSSR count). The zero-order valence-electron chi connectivity index (χ0n) is 12.0. The van der Waals surface area contributed by atoms with Crippen LogP contribution in [0.15, 0.2) is 0 Å². The van der Waals surface area contributed by atoms with Crippen LogP contribution in [0.2, 0.25) is 0 Å². The lowest BCUT2D eigenvalue weighted by molar-refractivity contribution is -0.144. The van der Waals surface area contributed by atoms with Crippen molar-refractivity contribution in [2.75, 3.05) is 40.4 Å². The molecule has 1 N–H and O–H groups in total. The minimum atomic E-state index is -0.251. The van der Waals surface area contributed by atoms with Gasteiger partial charge in [0.05, 0.1) is 12.7 Å². The Hall–Kier alpha value is -0.650. The second-order valence-electron chi connectivity index (χ2n) is 5.13. The number of methoxy groups -OCH3 is 2. The Balaban J connectivity index is 2.55. The summed E-state index contributed by atoms with van der Waals surface area (Å²) in [6, 6.07) is -0.251.